The van der Waals surface area contributed by atoms with Crippen LogP contribution in [0.25, 0.3) is 0 Å². The standard InChI is InChI=1S/C24H39N5O2/c1-18(2)23(30)29-15-12-20(17-29)27-24(25-3)26-16-22(28-13-6-5-7-14-28)19-8-10-21(31-4)11-9-19/h8-11,18,20,22H,5-7,12-17H2,1-4H3,(H2,25,26,27). The van der Waals surface area contributed by atoms with Crippen LogP contribution in [-0.2, 0) is 4.79 Å². The van der Waals surface area contributed by atoms with Crippen molar-refractivity contribution in [1.82, 2.24) is 20.4 Å². The first-order valence-corrected chi connectivity index (χ1v) is 11.7. The number of nitrogens with zero attached hydrogens (tertiary/aromatic N) is 3. The third-order valence-electron chi connectivity index (χ3n) is 6.35. The number of rotatable bonds is 7. The molecular formula is C24H39N5O2. The quantitative estimate of drug-likeness (QED) is 0.515. The number of amides is 1. The van der Waals surface area contributed by atoms with Gasteiger partial charge in [0, 0.05) is 38.6 Å². The van der Waals surface area contributed by atoms with Crippen molar-refractivity contribution in [3.05, 3.63) is 29.8 Å². The van der Waals surface area contributed by atoms with Gasteiger partial charge in [0.1, 0.15) is 5.75 Å². The zero-order valence-electron chi connectivity index (χ0n) is 19.6. The van der Waals surface area contributed by atoms with Crippen LogP contribution >= 0.6 is 0 Å². The molecular weight excluding hydrogens is 390 g/mol. The molecule has 2 unspecified atom stereocenters. The van der Waals surface area contributed by atoms with Crippen molar-refractivity contribution >= 4 is 11.9 Å². The Morgan fingerprint density at radius 1 is 1.16 bits per heavy atom. The van der Waals surface area contributed by atoms with Crippen LogP contribution in [0.5, 0.6) is 5.75 Å². The molecule has 7 heteroatoms. The first kappa shape index (κ1) is 23.4. The minimum absolute atomic E-state index is 0.0472. The summed E-state index contributed by atoms with van der Waals surface area (Å²) in [5, 5.41) is 7.07. The second-order valence-electron chi connectivity index (χ2n) is 8.91. The molecule has 172 valence electrons. The molecule has 7 nitrogen and oxygen atoms in total. The Morgan fingerprint density at radius 2 is 1.87 bits per heavy atom. The monoisotopic (exact) mass is 429 g/mol. The first-order chi connectivity index (χ1) is 15.0. The first-order valence-electron chi connectivity index (χ1n) is 11.7. The summed E-state index contributed by atoms with van der Waals surface area (Å²) in [4.78, 5) is 21.3. The summed E-state index contributed by atoms with van der Waals surface area (Å²) in [5.41, 5.74) is 1.29. The number of aliphatic imine (C=N–C) groups is 1. The van der Waals surface area contributed by atoms with Crippen LogP contribution < -0.4 is 15.4 Å². The van der Waals surface area contributed by atoms with Crippen molar-refractivity contribution in [1.29, 1.82) is 0 Å². The maximum Gasteiger partial charge on any atom is 0.225 e. The Morgan fingerprint density at radius 3 is 2.48 bits per heavy atom. The van der Waals surface area contributed by atoms with E-state index in [1.54, 1.807) is 7.11 Å². The number of hydrogen-bond acceptors (Lipinski definition) is 4. The average Bonchev–Trinajstić information content (AvgIpc) is 3.27. The van der Waals surface area contributed by atoms with E-state index in [0.717, 1.165) is 50.9 Å². The second kappa shape index (κ2) is 11.4. The number of ether oxygens (including phenoxy) is 1. The lowest BCUT2D eigenvalue weighted by Gasteiger charge is -2.35. The topological polar surface area (TPSA) is 69.2 Å². The van der Waals surface area contributed by atoms with E-state index in [4.69, 9.17) is 4.74 Å². The summed E-state index contributed by atoms with van der Waals surface area (Å²) in [5.74, 6) is 1.97. The lowest BCUT2D eigenvalue weighted by molar-refractivity contribution is -0.133. The summed E-state index contributed by atoms with van der Waals surface area (Å²) in [6, 6.07) is 8.94. The Balaban J connectivity index is 1.60. The van der Waals surface area contributed by atoms with Gasteiger partial charge in [0.05, 0.1) is 13.2 Å². The lowest BCUT2D eigenvalue weighted by Crippen LogP contribution is -2.48. The molecule has 2 heterocycles. The highest BCUT2D eigenvalue weighted by Crippen LogP contribution is 2.26. The number of carbonyl (C=O) groups excluding carboxylic acids is 1. The molecule has 1 aromatic carbocycles. The second-order valence-corrected chi connectivity index (χ2v) is 8.91. The van der Waals surface area contributed by atoms with Crippen molar-refractivity contribution in [3.63, 3.8) is 0 Å². The number of likely N-dealkylation sites (tertiary alicyclic amines) is 2. The molecule has 2 N–H and O–H groups in total. The molecule has 1 aromatic rings. The van der Waals surface area contributed by atoms with E-state index in [-0.39, 0.29) is 23.9 Å². The molecule has 0 aromatic heterocycles. The third kappa shape index (κ3) is 6.35. The SMILES string of the molecule is CN=C(NCC(c1ccc(OC)cc1)N1CCCCC1)NC1CCN(C(=O)C(C)C)C1. The normalized spacial score (nSPS) is 21.3. The average molecular weight is 430 g/mol. The highest BCUT2D eigenvalue weighted by atomic mass is 16.5. The zero-order valence-corrected chi connectivity index (χ0v) is 19.6. The van der Waals surface area contributed by atoms with E-state index >= 15 is 0 Å². The molecule has 31 heavy (non-hydrogen) atoms. The van der Waals surface area contributed by atoms with Gasteiger partial charge in [0.2, 0.25) is 5.91 Å². The number of benzene rings is 1. The van der Waals surface area contributed by atoms with Crippen LogP contribution in [0, 0.1) is 5.92 Å². The molecule has 0 aliphatic carbocycles. The van der Waals surface area contributed by atoms with E-state index in [1.165, 1.54) is 24.8 Å². The van der Waals surface area contributed by atoms with Gasteiger partial charge in [-0.25, -0.2) is 0 Å². The van der Waals surface area contributed by atoms with Crippen LogP contribution in [-0.4, -0.2) is 74.6 Å². The van der Waals surface area contributed by atoms with Gasteiger partial charge in [-0.15, -0.1) is 0 Å². The molecule has 0 bridgehead atoms. The van der Waals surface area contributed by atoms with Crippen LogP contribution in [0.1, 0.15) is 51.1 Å². The Bertz CT molecular complexity index is 728. The van der Waals surface area contributed by atoms with E-state index in [9.17, 15) is 4.79 Å². The van der Waals surface area contributed by atoms with E-state index in [2.05, 4.69) is 32.7 Å². The fraction of sp³-hybridized carbons (Fsp3) is 0.667. The molecule has 1 amide bonds. The predicted octanol–water partition coefficient (Wildman–Crippen LogP) is 2.64. The van der Waals surface area contributed by atoms with Crippen molar-refractivity contribution in [2.75, 3.05) is 46.9 Å². The van der Waals surface area contributed by atoms with Gasteiger partial charge < -0.3 is 20.3 Å². The Labute approximate surface area is 187 Å². The number of guanidine groups is 1. The molecule has 0 spiro atoms. The maximum absolute atomic E-state index is 12.3. The summed E-state index contributed by atoms with van der Waals surface area (Å²) in [7, 11) is 3.51. The van der Waals surface area contributed by atoms with E-state index < -0.39 is 0 Å². The molecule has 3 rings (SSSR count). The van der Waals surface area contributed by atoms with Gasteiger partial charge in [-0.3, -0.25) is 14.7 Å². The summed E-state index contributed by atoms with van der Waals surface area (Å²) < 4.78 is 5.34. The van der Waals surface area contributed by atoms with Gasteiger partial charge in [-0.2, -0.15) is 0 Å². The number of hydrogen-bond donors (Lipinski definition) is 2. The van der Waals surface area contributed by atoms with Crippen LogP contribution in [0.3, 0.4) is 0 Å². The Kier molecular flexibility index (Phi) is 8.58. The Hall–Kier alpha value is -2.28. The van der Waals surface area contributed by atoms with E-state index in [1.807, 2.05) is 37.9 Å². The summed E-state index contributed by atoms with van der Waals surface area (Å²) >= 11 is 0. The minimum Gasteiger partial charge on any atom is -0.497 e. The van der Waals surface area contributed by atoms with Crippen LogP contribution in [0.15, 0.2) is 29.3 Å². The van der Waals surface area contributed by atoms with Gasteiger partial charge in [-0.1, -0.05) is 32.4 Å². The number of methoxy groups -OCH3 is 1. The van der Waals surface area contributed by atoms with Gasteiger partial charge in [0.15, 0.2) is 5.96 Å². The van der Waals surface area contributed by atoms with E-state index in [0.29, 0.717) is 0 Å². The maximum atomic E-state index is 12.3. The van der Waals surface area contributed by atoms with Crippen LogP contribution in [0.2, 0.25) is 0 Å². The number of nitrogens with one attached hydrogen (secondary N) is 2. The molecule has 2 aliphatic rings. The summed E-state index contributed by atoms with van der Waals surface area (Å²) in [6.45, 7) is 8.51. The van der Waals surface area contributed by atoms with Crippen molar-refractivity contribution in [2.45, 2.75) is 51.6 Å². The highest BCUT2D eigenvalue weighted by molar-refractivity contribution is 5.81. The van der Waals surface area contributed by atoms with Crippen molar-refractivity contribution < 1.29 is 9.53 Å². The number of piperidine rings is 1. The molecule has 2 aliphatic heterocycles. The zero-order chi connectivity index (χ0) is 22.2. The van der Waals surface area contributed by atoms with Gasteiger partial charge >= 0.3 is 0 Å². The molecule has 0 saturated carbocycles. The van der Waals surface area contributed by atoms with Gasteiger partial charge in [0.25, 0.3) is 0 Å². The molecule has 2 atom stereocenters. The predicted molar refractivity (Wildman–Crippen MR) is 125 cm³/mol. The lowest BCUT2D eigenvalue weighted by atomic mass is 10.0. The fourth-order valence-corrected chi connectivity index (χ4v) is 4.54. The molecule has 2 saturated heterocycles. The highest BCUT2D eigenvalue weighted by Gasteiger charge is 2.28. The van der Waals surface area contributed by atoms with Crippen molar-refractivity contribution in [2.24, 2.45) is 10.9 Å². The molecule has 2 fully saturated rings. The number of carbonyl (C=O) groups is 1. The third-order valence-corrected chi connectivity index (χ3v) is 6.35. The molecule has 0 radical (unpaired) electrons. The fourth-order valence-electron chi connectivity index (χ4n) is 4.54. The minimum atomic E-state index is 0.0472. The van der Waals surface area contributed by atoms with Gasteiger partial charge in [-0.05, 0) is 50.0 Å². The summed E-state index contributed by atoms with van der Waals surface area (Å²) in [6.07, 6.45) is 4.77. The largest absolute Gasteiger partial charge is 0.497 e. The van der Waals surface area contributed by atoms with Crippen molar-refractivity contribution in [3.8, 4) is 5.75 Å². The smallest absolute Gasteiger partial charge is 0.225 e. The van der Waals surface area contributed by atoms with Crippen LogP contribution in [0.4, 0.5) is 0 Å².